The lowest BCUT2D eigenvalue weighted by molar-refractivity contribution is 0.669. The molecular formula is C60H39NO. The van der Waals surface area contributed by atoms with Gasteiger partial charge in [0.1, 0.15) is 11.2 Å². The molecule has 0 bridgehead atoms. The summed E-state index contributed by atoms with van der Waals surface area (Å²) in [6.07, 6.45) is 0. The molecule has 0 spiro atoms. The molecular weight excluding hydrogens is 751 g/mol. The van der Waals surface area contributed by atoms with Gasteiger partial charge in [-0.15, -0.1) is 0 Å². The van der Waals surface area contributed by atoms with Crippen LogP contribution in [0.2, 0.25) is 0 Å². The highest BCUT2D eigenvalue weighted by Crippen LogP contribution is 2.42. The van der Waals surface area contributed by atoms with Crippen molar-refractivity contribution in [3.8, 4) is 44.5 Å². The average Bonchev–Trinajstić information content (AvgIpc) is 3.73. The number of hydrogen-bond donors (Lipinski definition) is 0. The van der Waals surface area contributed by atoms with Gasteiger partial charge in [0.05, 0.1) is 0 Å². The van der Waals surface area contributed by atoms with E-state index in [1.807, 2.05) is 12.1 Å². The second-order valence-corrected chi connectivity index (χ2v) is 16.1. The van der Waals surface area contributed by atoms with Gasteiger partial charge in [-0.2, -0.15) is 0 Å². The fourth-order valence-electron chi connectivity index (χ4n) is 9.32. The Morgan fingerprint density at radius 2 is 0.758 bits per heavy atom. The van der Waals surface area contributed by atoms with Gasteiger partial charge < -0.3 is 9.32 Å². The monoisotopic (exact) mass is 789 g/mol. The fraction of sp³-hybridized carbons (Fsp3) is 0. The Bertz CT molecular complexity index is 3630. The summed E-state index contributed by atoms with van der Waals surface area (Å²) in [6.45, 7) is 0. The Labute approximate surface area is 360 Å². The predicted molar refractivity (Wildman–Crippen MR) is 263 cm³/mol. The van der Waals surface area contributed by atoms with Crippen molar-refractivity contribution in [1.82, 2.24) is 0 Å². The summed E-state index contributed by atoms with van der Waals surface area (Å²) >= 11 is 0. The molecule has 11 aromatic carbocycles. The summed E-state index contributed by atoms with van der Waals surface area (Å²) in [5.74, 6) is 0. The van der Waals surface area contributed by atoms with Crippen LogP contribution in [0, 0.1) is 0 Å². The SMILES string of the molecule is c1cc(-c2ccc(-c3ccc4c(ccc5ccccc54)c3)cc2)cc(N(c2ccc(-c3ccc4ccccc4c3)cc2)c2cccc(-c3cccc4oc5ccccc5c34)c2)c1. The molecule has 12 aromatic rings. The third-order valence-electron chi connectivity index (χ3n) is 12.4. The standard InChI is InChI=1S/C60H39NO/c1-2-12-45-36-47(28-26-40(45)10-1)43-30-33-51(34-31-43)61(53-16-8-14-49(39-53)56-19-9-21-59-60(56)57-18-5-6-20-58(57)62-59)52-15-7-13-46(38-52)41-22-24-42(25-23-41)48-32-35-55-50(37-48)29-27-44-11-3-4-17-54(44)55/h1-39H. The molecule has 62 heavy (non-hydrogen) atoms. The fourth-order valence-corrected chi connectivity index (χ4v) is 9.32. The van der Waals surface area contributed by atoms with Gasteiger partial charge in [-0.1, -0.05) is 176 Å². The Balaban J connectivity index is 0.934. The molecule has 0 saturated carbocycles. The van der Waals surface area contributed by atoms with Crippen LogP contribution >= 0.6 is 0 Å². The molecule has 0 aliphatic heterocycles. The van der Waals surface area contributed by atoms with Gasteiger partial charge in [-0.05, 0) is 137 Å². The van der Waals surface area contributed by atoms with Crippen molar-refractivity contribution in [3.63, 3.8) is 0 Å². The highest BCUT2D eigenvalue weighted by Gasteiger charge is 2.18. The van der Waals surface area contributed by atoms with Gasteiger partial charge in [-0.25, -0.2) is 0 Å². The maximum atomic E-state index is 6.31. The molecule has 0 aliphatic rings. The van der Waals surface area contributed by atoms with E-state index in [-0.39, 0.29) is 0 Å². The second-order valence-electron chi connectivity index (χ2n) is 16.1. The minimum Gasteiger partial charge on any atom is -0.456 e. The number of furan rings is 1. The van der Waals surface area contributed by atoms with Crippen LogP contribution < -0.4 is 4.90 Å². The zero-order valence-corrected chi connectivity index (χ0v) is 33.9. The van der Waals surface area contributed by atoms with E-state index in [4.69, 9.17) is 4.42 Å². The normalized spacial score (nSPS) is 11.5. The molecule has 0 radical (unpaired) electrons. The van der Waals surface area contributed by atoms with E-state index in [0.717, 1.165) is 55.7 Å². The van der Waals surface area contributed by atoms with Crippen molar-refractivity contribution in [2.75, 3.05) is 4.90 Å². The summed E-state index contributed by atoms with van der Waals surface area (Å²) < 4.78 is 6.31. The minimum atomic E-state index is 0.892. The van der Waals surface area contributed by atoms with Crippen molar-refractivity contribution < 1.29 is 4.42 Å². The molecule has 290 valence electrons. The summed E-state index contributed by atoms with van der Waals surface area (Å²) in [4.78, 5) is 2.37. The Hall–Kier alpha value is -8.20. The quantitative estimate of drug-likeness (QED) is 0.150. The third kappa shape index (κ3) is 6.29. The van der Waals surface area contributed by atoms with E-state index in [9.17, 15) is 0 Å². The van der Waals surface area contributed by atoms with Crippen LogP contribution in [0.25, 0.3) is 98.8 Å². The third-order valence-corrected chi connectivity index (χ3v) is 12.4. The number of rotatable bonds is 7. The van der Waals surface area contributed by atoms with Gasteiger partial charge in [0, 0.05) is 27.8 Å². The van der Waals surface area contributed by atoms with Crippen LogP contribution in [0.1, 0.15) is 0 Å². The van der Waals surface area contributed by atoms with Crippen molar-refractivity contribution in [3.05, 3.63) is 237 Å². The van der Waals surface area contributed by atoms with Gasteiger partial charge in [0.25, 0.3) is 0 Å². The second kappa shape index (κ2) is 14.8. The molecule has 0 N–H and O–H groups in total. The Kier molecular flexibility index (Phi) is 8.53. The largest absolute Gasteiger partial charge is 0.456 e. The summed E-state index contributed by atoms with van der Waals surface area (Å²) in [7, 11) is 0. The molecule has 1 heterocycles. The van der Waals surface area contributed by atoms with Crippen molar-refractivity contribution in [2.24, 2.45) is 0 Å². The van der Waals surface area contributed by atoms with Crippen LogP contribution in [-0.4, -0.2) is 0 Å². The molecule has 1 aromatic heterocycles. The van der Waals surface area contributed by atoms with Crippen molar-refractivity contribution in [1.29, 1.82) is 0 Å². The zero-order chi connectivity index (χ0) is 41.0. The van der Waals surface area contributed by atoms with E-state index < -0.39 is 0 Å². The highest BCUT2D eigenvalue weighted by atomic mass is 16.3. The number of para-hydroxylation sites is 1. The molecule has 2 heteroatoms. The van der Waals surface area contributed by atoms with Gasteiger partial charge in [0.2, 0.25) is 0 Å². The lowest BCUT2D eigenvalue weighted by Crippen LogP contribution is -2.10. The van der Waals surface area contributed by atoms with Crippen LogP contribution in [0.3, 0.4) is 0 Å². The summed E-state index contributed by atoms with van der Waals surface area (Å²) in [6, 6.07) is 85.6. The number of nitrogens with zero attached hydrogens (tertiary/aromatic N) is 1. The number of anilines is 3. The van der Waals surface area contributed by atoms with E-state index >= 15 is 0 Å². The lowest BCUT2D eigenvalue weighted by Gasteiger charge is -2.27. The highest BCUT2D eigenvalue weighted by molar-refractivity contribution is 6.12. The topological polar surface area (TPSA) is 16.4 Å². The van der Waals surface area contributed by atoms with E-state index in [0.29, 0.717) is 0 Å². The Morgan fingerprint density at radius 3 is 1.53 bits per heavy atom. The molecule has 0 atom stereocenters. The van der Waals surface area contributed by atoms with Crippen LogP contribution in [0.5, 0.6) is 0 Å². The number of hydrogen-bond acceptors (Lipinski definition) is 2. The molecule has 0 unspecified atom stereocenters. The van der Waals surface area contributed by atoms with Crippen LogP contribution in [-0.2, 0) is 0 Å². The van der Waals surface area contributed by atoms with E-state index in [2.05, 4.69) is 229 Å². The molecule has 0 amide bonds. The first-order valence-electron chi connectivity index (χ1n) is 21.2. The first kappa shape index (κ1) is 35.7. The minimum absolute atomic E-state index is 0.892. The van der Waals surface area contributed by atoms with Crippen molar-refractivity contribution in [2.45, 2.75) is 0 Å². The van der Waals surface area contributed by atoms with Crippen LogP contribution in [0.15, 0.2) is 241 Å². The van der Waals surface area contributed by atoms with E-state index in [1.165, 1.54) is 60.1 Å². The van der Waals surface area contributed by atoms with Crippen LogP contribution in [0.4, 0.5) is 17.1 Å². The molecule has 0 saturated heterocycles. The van der Waals surface area contributed by atoms with Gasteiger partial charge in [0.15, 0.2) is 0 Å². The molecule has 0 fully saturated rings. The number of fused-ring (bicyclic) bond motifs is 7. The van der Waals surface area contributed by atoms with Gasteiger partial charge >= 0.3 is 0 Å². The first-order valence-corrected chi connectivity index (χ1v) is 21.2. The maximum absolute atomic E-state index is 6.31. The number of benzene rings is 11. The lowest BCUT2D eigenvalue weighted by atomic mass is 9.96. The first-order chi connectivity index (χ1) is 30.7. The van der Waals surface area contributed by atoms with Gasteiger partial charge in [-0.3, -0.25) is 0 Å². The zero-order valence-electron chi connectivity index (χ0n) is 33.9. The van der Waals surface area contributed by atoms with E-state index in [1.54, 1.807) is 0 Å². The summed E-state index contributed by atoms with van der Waals surface area (Å²) in [5, 5.41) is 9.83. The summed E-state index contributed by atoms with van der Waals surface area (Å²) in [5.41, 5.74) is 14.4. The predicted octanol–water partition coefficient (Wildman–Crippen LogP) is 17.2. The smallest absolute Gasteiger partial charge is 0.136 e. The molecule has 2 nitrogen and oxygen atoms in total. The Morgan fingerprint density at radius 1 is 0.258 bits per heavy atom. The molecule has 0 aliphatic carbocycles. The van der Waals surface area contributed by atoms with Crippen molar-refractivity contribution >= 4 is 71.3 Å². The maximum Gasteiger partial charge on any atom is 0.136 e. The average molecular weight is 790 g/mol. The molecule has 12 rings (SSSR count).